The molecule has 0 heterocycles. The van der Waals surface area contributed by atoms with E-state index in [1.165, 1.54) is 12.8 Å². The maximum Gasteiger partial charge on any atom is 0.273 e. The van der Waals surface area contributed by atoms with Crippen molar-refractivity contribution >= 4 is 5.69 Å². The van der Waals surface area contributed by atoms with Crippen LogP contribution in [-0.4, -0.2) is 11.5 Å². The smallest absolute Gasteiger partial charge is 0.273 e. The molecule has 80 valence electrons. The van der Waals surface area contributed by atoms with Crippen LogP contribution in [0.5, 0.6) is 0 Å². The van der Waals surface area contributed by atoms with Crippen LogP contribution in [0.15, 0.2) is 24.3 Å². The first-order valence-electron chi connectivity index (χ1n) is 5.20. The molecule has 0 unspecified atom stereocenters. The molecule has 2 rings (SSSR count). The molecule has 1 fully saturated rings. The fourth-order valence-corrected chi connectivity index (χ4v) is 1.57. The van der Waals surface area contributed by atoms with E-state index in [1.54, 1.807) is 18.2 Å². The number of nitrogens with zero attached hydrogens (tertiary/aromatic N) is 1. The number of nitrogens with one attached hydrogen (secondary N) is 1. The van der Waals surface area contributed by atoms with Gasteiger partial charge in [0, 0.05) is 18.2 Å². The monoisotopic (exact) mass is 206 g/mol. The average molecular weight is 206 g/mol. The number of hydrogen-bond donors (Lipinski definition) is 1. The van der Waals surface area contributed by atoms with Crippen LogP contribution in [-0.2, 0) is 6.54 Å². The number of benzene rings is 1. The van der Waals surface area contributed by atoms with Gasteiger partial charge >= 0.3 is 0 Å². The van der Waals surface area contributed by atoms with Gasteiger partial charge in [0.05, 0.1) is 4.92 Å². The molecule has 0 amide bonds. The molecule has 0 spiro atoms. The second kappa shape index (κ2) is 4.40. The van der Waals surface area contributed by atoms with Crippen molar-refractivity contribution in [2.75, 3.05) is 6.54 Å². The minimum atomic E-state index is -0.325. The van der Waals surface area contributed by atoms with Gasteiger partial charge in [-0.25, -0.2) is 0 Å². The summed E-state index contributed by atoms with van der Waals surface area (Å²) in [7, 11) is 0. The zero-order valence-electron chi connectivity index (χ0n) is 8.48. The van der Waals surface area contributed by atoms with Gasteiger partial charge in [0.15, 0.2) is 0 Å². The van der Waals surface area contributed by atoms with E-state index >= 15 is 0 Å². The Kier molecular flexibility index (Phi) is 2.97. The summed E-state index contributed by atoms with van der Waals surface area (Å²) in [5.74, 6) is 0.799. The molecule has 0 bridgehead atoms. The maximum absolute atomic E-state index is 10.7. The molecule has 0 saturated heterocycles. The molecule has 4 heteroatoms. The van der Waals surface area contributed by atoms with Gasteiger partial charge in [-0.2, -0.15) is 0 Å². The van der Waals surface area contributed by atoms with Crippen molar-refractivity contribution < 1.29 is 4.92 Å². The van der Waals surface area contributed by atoms with Crippen LogP contribution < -0.4 is 5.32 Å². The number of nitro benzene ring substituents is 1. The molecule has 1 aliphatic carbocycles. The summed E-state index contributed by atoms with van der Waals surface area (Å²) in [6.07, 6.45) is 2.59. The standard InChI is InChI=1S/C11H14N2O2/c14-13(15)11-4-2-1-3-10(11)8-12-7-9-5-6-9/h1-4,9,12H,5-8H2. The second-order valence-corrected chi connectivity index (χ2v) is 3.96. The highest BCUT2D eigenvalue weighted by molar-refractivity contribution is 5.39. The Bertz CT molecular complexity index is 361. The Balaban J connectivity index is 1.95. The molecule has 4 nitrogen and oxygen atoms in total. The van der Waals surface area contributed by atoms with Gasteiger partial charge in [0.2, 0.25) is 0 Å². The predicted molar refractivity (Wildman–Crippen MR) is 57.5 cm³/mol. The van der Waals surface area contributed by atoms with Crippen LogP contribution in [0.25, 0.3) is 0 Å². The van der Waals surface area contributed by atoms with E-state index in [0.717, 1.165) is 18.0 Å². The summed E-state index contributed by atoms with van der Waals surface area (Å²) in [5, 5.41) is 14.0. The first-order valence-corrected chi connectivity index (χ1v) is 5.20. The SMILES string of the molecule is O=[N+]([O-])c1ccccc1CNCC1CC1. The summed E-state index contributed by atoms with van der Waals surface area (Å²) in [4.78, 5) is 10.4. The molecule has 0 atom stereocenters. The Morgan fingerprint density at radius 2 is 2.13 bits per heavy atom. The molecular weight excluding hydrogens is 192 g/mol. The van der Waals surface area contributed by atoms with Crippen LogP contribution >= 0.6 is 0 Å². The Hall–Kier alpha value is -1.42. The minimum Gasteiger partial charge on any atom is -0.312 e. The first kappa shape index (κ1) is 10.1. The third-order valence-electron chi connectivity index (χ3n) is 2.63. The molecule has 1 aromatic carbocycles. The Morgan fingerprint density at radius 3 is 2.80 bits per heavy atom. The lowest BCUT2D eigenvalue weighted by atomic mass is 10.2. The van der Waals surface area contributed by atoms with E-state index < -0.39 is 0 Å². The number of hydrogen-bond acceptors (Lipinski definition) is 3. The largest absolute Gasteiger partial charge is 0.312 e. The lowest BCUT2D eigenvalue weighted by molar-refractivity contribution is -0.385. The van der Waals surface area contributed by atoms with E-state index in [4.69, 9.17) is 0 Å². The molecule has 15 heavy (non-hydrogen) atoms. The molecule has 1 saturated carbocycles. The normalized spacial score (nSPS) is 15.2. The molecular formula is C11H14N2O2. The van der Waals surface area contributed by atoms with Crippen LogP contribution in [0, 0.1) is 16.0 Å². The maximum atomic E-state index is 10.7. The van der Waals surface area contributed by atoms with Crippen LogP contribution in [0.4, 0.5) is 5.69 Å². The third-order valence-corrected chi connectivity index (χ3v) is 2.63. The molecule has 1 aliphatic rings. The first-order chi connectivity index (χ1) is 7.27. The Labute approximate surface area is 88.5 Å². The minimum absolute atomic E-state index is 0.209. The van der Waals surface area contributed by atoms with Crippen molar-refractivity contribution in [3.8, 4) is 0 Å². The van der Waals surface area contributed by atoms with Gasteiger partial charge in [-0.3, -0.25) is 10.1 Å². The highest BCUT2D eigenvalue weighted by Gasteiger charge is 2.20. The fraction of sp³-hybridized carbons (Fsp3) is 0.455. The average Bonchev–Trinajstić information content (AvgIpc) is 3.02. The molecule has 0 aromatic heterocycles. The molecule has 1 aromatic rings. The third kappa shape index (κ3) is 2.76. The van der Waals surface area contributed by atoms with E-state index in [2.05, 4.69) is 5.32 Å². The summed E-state index contributed by atoms with van der Waals surface area (Å²) >= 11 is 0. The second-order valence-electron chi connectivity index (χ2n) is 3.96. The van der Waals surface area contributed by atoms with Crippen LogP contribution in [0.1, 0.15) is 18.4 Å². The molecule has 0 radical (unpaired) electrons. The van der Waals surface area contributed by atoms with Crippen molar-refractivity contribution in [1.82, 2.24) is 5.32 Å². The van der Waals surface area contributed by atoms with Gasteiger partial charge in [0.25, 0.3) is 5.69 Å². The van der Waals surface area contributed by atoms with Crippen LogP contribution in [0.3, 0.4) is 0 Å². The summed E-state index contributed by atoms with van der Waals surface area (Å²) in [6.45, 7) is 1.57. The van der Waals surface area contributed by atoms with Gasteiger partial charge in [-0.05, 0) is 25.3 Å². The Morgan fingerprint density at radius 1 is 1.40 bits per heavy atom. The quantitative estimate of drug-likeness (QED) is 0.593. The van der Waals surface area contributed by atoms with Crippen molar-refractivity contribution in [1.29, 1.82) is 0 Å². The lowest BCUT2D eigenvalue weighted by Gasteiger charge is -2.04. The van der Waals surface area contributed by atoms with Gasteiger partial charge in [-0.15, -0.1) is 0 Å². The van der Waals surface area contributed by atoms with E-state index in [9.17, 15) is 10.1 Å². The van der Waals surface area contributed by atoms with Crippen molar-refractivity contribution in [2.45, 2.75) is 19.4 Å². The van der Waals surface area contributed by atoms with Crippen molar-refractivity contribution in [3.05, 3.63) is 39.9 Å². The fourth-order valence-electron chi connectivity index (χ4n) is 1.57. The summed E-state index contributed by atoms with van der Waals surface area (Å²) in [5.41, 5.74) is 0.976. The highest BCUT2D eigenvalue weighted by atomic mass is 16.6. The summed E-state index contributed by atoms with van der Waals surface area (Å²) in [6, 6.07) is 6.88. The topological polar surface area (TPSA) is 55.2 Å². The van der Waals surface area contributed by atoms with E-state index in [1.807, 2.05) is 6.07 Å². The number of nitro groups is 1. The lowest BCUT2D eigenvalue weighted by Crippen LogP contribution is -2.16. The summed E-state index contributed by atoms with van der Waals surface area (Å²) < 4.78 is 0. The zero-order valence-corrected chi connectivity index (χ0v) is 8.48. The molecule has 0 aliphatic heterocycles. The van der Waals surface area contributed by atoms with Gasteiger partial charge in [-0.1, -0.05) is 18.2 Å². The van der Waals surface area contributed by atoms with E-state index in [0.29, 0.717) is 6.54 Å². The van der Waals surface area contributed by atoms with Gasteiger partial charge < -0.3 is 5.32 Å². The number of para-hydroxylation sites is 1. The molecule has 1 N–H and O–H groups in total. The highest BCUT2D eigenvalue weighted by Crippen LogP contribution is 2.27. The van der Waals surface area contributed by atoms with Gasteiger partial charge in [0.1, 0.15) is 0 Å². The predicted octanol–water partition coefficient (Wildman–Crippen LogP) is 2.09. The van der Waals surface area contributed by atoms with E-state index in [-0.39, 0.29) is 10.6 Å². The number of rotatable bonds is 5. The van der Waals surface area contributed by atoms with Crippen LogP contribution in [0.2, 0.25) is 0 Å². The zero-order chi connectivity index (χ0) is 10.7. The van der Waals surface area contributed by atoms with Crippen molar-refractivity contribution in [2.24, 2.45) is 5.92 Å². The van der Waals surface area contributed by atoms with Crippen molar-refractivity contribution in [3.63, 3.8) is 0 Å².